The zero-order chi connectivity index (χ0) is 11.3. The molecule has 17 heavy (non-hydrogen) atoms. The second-order valence-corrected chi connectivity index (χ2v) is 6.95. The van der Waals surface area contributed by atoms with E-state index in [9.17, 15) is 0 Å². The Morgan fingerprint density at radius 2 is 1.82 bits per heavy atom. The summed E-state index contributed by atoms with van der Waals surface area (Å²) in [6.07, 6.45) is 7.73. The van der Waals surface area contributed by atoms with Crippen molar-refractivity contribution in [1.29, 1.82) is 0 Å². The van der Waals surface area contributed by atoms with Crippen LogP contribution in [0.5, 0.6) is 0 Å². The summed E-state index contributed by atoms with van der Waals surface area (Å²) in [5.74, 6) is 0.865. The number of rotatable bonds is 1. The van der Waals surface area contributed by atoms with E-state index in [0.29, 0.717) is 16.9 Å². The Kier molecular flexibility index (Phi) is 2.34. The lowest BCUT2D eigenvalue weighted by atomic mass is 9.67. The van der Waals surface area contributed by atoms with E-state index < -0.39 is 0 Å². The molecule has 0 aromatic carbocycles. The normalized spacial score (nSPS) is 42.4. The molecule has 2 N–H and O–H groups in total. The lowest BCUT2D eigenvalue weighted by Crippen LogP contribution is -2.71. The zero-order valence-corrected chi connectivity index (χ0v) is 10.6. The van der Waals surface area contributed by atoms with E-state index in [2.05, 4.69) is 10.6 Å². The Labute approximate surface area is 104 Å². The molecule has 96 valence electrons. The molecule has 0 bridgehead atoms. The van der Waals surface area contributed by atoms with Gasteiger partial charge in [-0.3, -0.25) is 0 Å². The van der Waals surface area contributed by atoms with Gasteiger partial charge in [0, 0.05) is 18.5 Å². The van der Waals surface area contributed by atoms with Crippen LogP contribution in [0.15, 0.2) is 0 Å². The van der Waals surface area contributed by atoms with Gasteiger partial charge in [0.1, 0.15) is 0 Å². The van der Waals surface area contributed by atoms with Crippen LogP contribution < -0.4 is 10.6 Å². The van der Waals surface area contributed by atoms with Crippen molar-refractivity contribution in [1.82, 2.24) is 10.6 Å². The summed E-state index contributed by atoms with van der Waals surface area (Å²) in [6, 6.07) is 0. The van der Waals surface area contributed by atoms with Gasteiger partial charge in [-0.05, 0) is 56.5 Å². The van der Waals surface area contributed by atoms with Crippen molar-refractivity contribution in [2.75, 3.05) is 32.8 Å². The van der Waals surface area contributed by atoms with Gasteiger partial charge in [0.15, 0.2) is 0 Å². The summed E-state index contributed by atoms with van der Waals surface area (Å²) < 4.78 is 5.95. The Bertz CT molecular complexity index is 302. The van der Waals surface area contributed by atoms with Gasteiger partial charge in [0.25, 0.3) is 0 Å². The van der Waals surface area contributed by atoms with Gasteiger partial charge in [0.05, 0.1) is 12.7 Å². The van der Waals surface area contributed by atoms with Gasteiger partial charge in [-0.1, -0.05) is 0 Å². The van der Waals surface area contributed by atoms with Crippen LogP contribution in [0.1, 0.15) is 32.1 Å². The zero-order valence-electron chi connectivity index (χ0n) is 10.6. The molecule has 2 atom stereocenters. The summed E-state index contributed by atoms with van der Waals surface area (Å²) in [6.45, 7) is 5.93. The summed E-state index contributed by atoms with van der Waals surface area (Å²) in [5.41, 5.74) is 1.25. The Hall–Kier alpha value is -0.120. The van der Waals surface area contributed by atoms with Crippen LogP contribution in [0.3, 0.4) is 0 Å². The molecule has 3 aliphatic heterocycles. The van der Waals surface area contributed by atoms with Crippen LogP contribution in [0.4, 0.5) is 0 Å². The highest BCUT2D eigenvalue weighted by atomic mass is 16.5. The summed E-state index contributed by atoms with van der Waals surface area (Å²) in [4.78, 5) is 0. The van der Waals surface area contributed by atoms with E-state index in [1.54, 1.807) is 0 Å². The van der Waals surface area contributed by atoms with Crippen LogP contribution in [0, 0.1) is 16.7 Å². The predicted octanol–water partition coefficient (Wildman–Crippen LogP) is 1.14. The van der Waals surface area contributed by atoms with Gasteiger partial charge in [-0.15, -0.1) is 0 Å². The maximum absolute atomic E-state index is 5.95. The molecule has 4 rings (SSSR count). The van der Waals surface area contributed by atoms with Gasteiger partial charge < -0.3 is 15.4 Å². The first kappa shape index (κ1) is 10.8. The van der Waals surface area contributed by atoms with E-state index in [1.807, 2.05) is 0 Å². The van der Waals surface area contributed by atoms with Crippen LogP contribution >= 0.6 is 0 Å². The fourth-order valence-corrected chi connectivity index (χ4v) is 4.72. The average molecular weight is 236 g/mol. The molecule has 1 saturated carbocycles. The molecule has 3 nitrogen and oxygen atoms in total. The monoisotopic (exact) mass is 236 g/mol. The van der Waals surface area contributed by atoms with Crippen LogP contribution in [0.2, 0.25) is 0 Å². The molecular weight excluding hydrogens is 212 g/mol. The third kappa shape index (κ3) is 1.52. The molecule has 1 aliphatic carbocycles. The minimum absolute atomic E-state index is 0.559. The molecule has 3 heteroatoms. The van der Waals surface area contributed by atoms with E-state index in [0.717, 1.165) is 12.5 Å². The highest BCUT2D eigenvalue weighted by Crippen LogP contribution is 2.54. The fourth-order valence-electron chi connectivity index (χ4n) is 4.72. The molecule has 2 unspecified atom stereocenters. The first-order valence-electron chi connectivity index (χ1n) is 7.35. The van der Waals surface area contributed by atoms with Crippen molar-refractivity contribution >= 4 is 0 Å². The number of piperidine rings is 1. The van der Waals surface area contributed by atoms with Crippen molar-refractivity contribution in [2.45, 2.75) is 38.2 Å². The molecule has 3 saturated heterocycles. The quantitative estimate of drug-likeness (QED) is 0.716. The van der Waals surface area contributed by atoms with Crippen molar-refractivity contribution in [3.8, 4) is 0 Å². The topological polar surface area (TPSA) is 33.3 Å². The molecule has 0 aromatic rings. The maximum atomic E-state index is 5.95. The maximum Gasteiger partial charge on any atom is 0.0706 e. The molecule has 2 spiro atoms. The van der Waals surface area contributed by atoms with Crippen LogP contribution in [-0.4, -0.2) is 38.9 Å². The van der Waals surface area contributed by atoms with Gasteiger partial charge in [-0.2, -0.15) is 0 Å². The molecule has 0 amide bonds. The minimum Gasteiger partial charge on any atom is -0.376 e. The second-order valence-electron chi connectivity index (χ2n) is 6.95. The lowest BCUT2D eigenvalue weighted by molar-refractivity contribution is -0.230. The molecule has 4 aliphatic rings. The number of hydrogen-bond acceptors (Lipinski definition) is 3. The molecule has 0 aromatic heterocycles. The second kappa shape index (κ2) is 3.69. The Morgan fingerprint density at radius 3 is 2.41 bits per heavy atom. The molecule has 4 fully saturated rings. The smallest absolute Gasteiger partial charge is 0.0706 e. The summed E-state index contributed by atoms with van der Waals surface area (Å²) in [5, 5.41) is 6.94. The number of ether oxygens (including phenoxy) is 1. The van der Waals surface area contributed by atoms with Crippen LogP contribution in [-0.2, 0) is 4.74 Å². The fraction of sp³-hybridized carbons (Fsp3) is 1.00. The lowest BCUT2D eigenvalue weighted by Gasteiger charge is -2.57. The van der Waals surface area contributed by atoms with E-state index in [4.69, 9.17) is 4.74 Å². The Balaban J connectivity index is 1.44. The first-order valence-corrected chi connectivity index (χ1v) is 7.35. The van der Waals surface area contributed by atoms with E-state index >= 15 is 0 Å². The highest BCUT2D eigenvalue weighted by Gasteiger charge is 2.57. The van der Waals surface area contributed by atoms with Crippen LogP contribution in [0.25, 0.3) is 0 Å². The van der Waals surface area contributed by atoms with Crippen molar-refractivity contribution in [3.05, 3.63) is 0 Å². The standard InChI is InChI=1S/C14H24N2O/c1-2-13(3-5-15-6-4-13)7-11(1)12-14(10-17-12)8-16-9-14/h11-12,15-16H,1-10H2. The van der Waals surface area contributed by atoms with Gasteiger partial charge in [-0.25, -0.2) is 0 Å². The van der Waals surface area contributed by atoms with E-state index in [1.165, 1.54) is 58.3 Å². The predicted molar refractivity (Wildman–Crippen MR) is 66.9 cm³/mol. The number of hydrogen-bond donors (Lipinski definition) is 2. The summed E-state index contributed by atoms with van der Waals surface area (Å²) >= 11 is 0. The molecule has 0 radical (unpaired) electrons. The van der Waals surface area contributed by atoms with Crippen molar-refractivity contribution in [2.24, 2.45) is 16.7 Å². The molecule has 3 heterocycles. The SMILES string of the molecule is C1CC2(CCN1)CCC(C1OCC13CNC3)C2. The van der Waals surface area contributed by atoms with Crippen molar-refractivity contribution in [3.63, 3.8) is 0 Å². The van der Waals surface area contributed by atoms with Gasteiger partial charge in [0.2, 0.25) is 0 Å². The Morgan fingerprint density at radius 1 is 1.00 bits per heavy atom. The summed E-state index contributed by atoms with van der Waals surface area (Å²) in [7, 11) is 0. The van der Waals surface area contributed by atoms with E-state index in [-0.39, 0.29) is 0 Å². The van der Waals surface area contributed by atoms with Gasteiger partial charge >= 0.3 is 0 Å². The third-order valence-corrected chi connectivity index (χ3v) is 5.94. The average Bonchev–Trinajstić information content (AvgIpc) is 2.59. The third-order valence-electron chi connectivity index (χ3n) is 5.94. The highest BCUT2D eigenvalue weighted by molar-refractivity contribution is 5.09. The number of nitrogens with one attached hydrogen (secondary N) is 2. The van der Waals surface area contributed by atoms with Crippen molar-refractivity contribution < 1.29 is 4.74 Å². The largest absolute Gasteiger partial charge is 0.376 e. The first-order chi connectivity index (χ1) is 8.32. The minimum atomic E-state index is 0.559. The molecular formula is C14H24N2O.